The first-order chi connectivity index (χ1) is 15.9. The van der Waals surface area contributed by atoms with Gasteiger partial charge in [0, 0.05) is 37.1 Å². The molecule has 1 aliphatic heterocycles. The fraction of sp³-hybridized carbons (Fsp3) is 0.333. The highest BCUT2D eigenvalue weighted by Gasteiger charge is 2.23. The Balaban J connectivity index is 1.38. The molecule has 1 saturated heterocycles. The second-order valence-corrected chi connectivity index (χ2v) is 8.06. The monoisotopic (exact) mass is 448 g/mol. The Morgan fingerprint density at radius 1 is 1.15 bits per heavy atom. The van der Waals surface area contributed by atoms with E-state index in [1.165, 1.54) is 0 Å². The number of methoxy groups -OCH3 is 1. The maximum Gasteiger partial charge on any atom is 0.319 e. The molecule has 0 radical (unpaired) electrons. The summed E-state index contributed by atoms with van der Waals surface area (Å²) in [7, 11) is 1.57. The van der Waals surface area contributed by atoms with Crippen molar-refractivity contribution >= 4 is 23.3 Å². The van der Waals surface area contributed by atoms with Crippen LogP contribution >= 0.6 is 0 Å². The molecule has 9 nitrogen and oxygen atoms in total. The summed E-state index contributed by atoms with van der Waals surface area (Å²) < 4.78 is 7.21. The minimum atomic E-state index is -0.348. The number of pyridine rings is 1. The Bertz CT molecular complexity index is 1160. The number of ether oxygens (including phenoxy) is 1. The number of nitrogens with one attached hydrogen (secondary N) is 2. The highest BCUT2D eigenvalue weighted by molar-refractivity contribution is 5.97. The average molecular weight is 449 g/mol. The standard InChI is InChI=1S/C24H28N6O3/c1-16-12-17(2)30(28-16)22-10-7-18(14-25-22)15-26-24(32)27-19-8-9-21(33-3)20(13-19)29-11-5-4-6-23(29)31/h7-10,12-14H,4-6,11,15H2,1-3H3,(H2,26,27,32). The van der Waals surface area contributed by atoms with Crippen molar-refractivity contribution in [2.24, 2.45) is 0 Å². The number of benzene rings is 1. The topological polar surface area (TPSA) is 101 Å². The number of aryl methyl sites for hydroxylation is 2. The maximum absolute atomic E-state index is 12.5. The van der Waals surface area contributed by atoms with Gasteiger partial charge >= 0.3 is 6.03 Å². The number of piperidine rings is 1. The number of carbonyl (C=O) groups is 2. The number of amides is 3. The molecule has 3 amide bonds. The Labute approximate surface area is 192 Å². The van der Waals surface area contributed by atoms with E-state index in [0.29, 0.717) is 36.6 Å². The fourth-order valence-electron chi connectivity index (χ4n) is 3.90. The van der Waals surface area contributed by atoms with Gasteiger partial charge in [0.15, 0.2) is 5.82 Å². The third-order valence-corrected chi connectivity index (χ3v) is 5.54. The van der Waals surface area contributed by atoms with Crippen LogP contribution in [0.4, 0.5) is 16.2 Å². The minimum Gasteiger partial charge on any atom is -0.495 e. The molecule has 2 N–H and O–H groups in total. The van der Waals surface area contributed by atoms with Gasteiger partial charge in [-0.05, 0) is 62.6 Å². The van der Waals surface area contributed by atoms with E-state index in [4.69, 9.17) is 4.74 Å². The van der Waals surface area contributed by atoms with Crippen molar-refractivity contribution in [2.75, 3.05) is 23.9 Å². The van der Waals surface area contributed by atoms with Gasteiger partial charge in [0.1, 0.15) is 5.75 Å². The lowest BCUT2D eigenvalue weighted by Gasteiger charge is -2.28. The molecule has 3 heterocycles. The van der Waals surface area contributed by atoms with Crippen LogP contribution in [0.2, 0.25) is 0 Å². The van der Waals surface area contributed by atoms with Gasteiger partial charge < -0.3 is 20.3 Å². The molecule has 0 unspecified atom stereocenters. The molecule has 0 saturated carbocycles. The summed E-state index contributed by atoms with van der Waals surface area (Å²) in [5.74, 6) is 1.40. The van der Waals surface area contributed by atoms with Crippen LogP contribution in [0.5, 0.6) is 5.75 Å². The van der Waals surface area contributed by atoms with Gasteiger partial charge in [-0.25, -0.2) is 14.5 Å². The zero-order valence-corrected chi connectivity index (χ0v) is 19.1. The molecule has 4 rings (SSSR count). The molecule has 33 heavy (non-hydrogen) atoms. The largest absolute Gasteiger partial charge is 0.495 e. The predicted octanol–water partition coefficient (Wildman–Crippen LogP) is 3.73. The van der Waals surface area contributed by atoms with Crippen LogP contribution in [-0.4, -0.2) is 40.4 Å². The lowest BCUT2D eigenvalue weighted by Crippen LogP contribution is -2.35. The average Bonchev–Trinajstić information content (AvgIpc) is 3.16. The normalized spacial score (nSPS) is 13.7. The second kappa shape index (κ2) is 9.72. The van der Waals surface area contributed by atoms with Crippen LogP contribution < -0.4 is 20.3 Å². The molecule has 3 aromatic rings. The highest BCUT2D eigenvalue weighted by Crippen LogP contribution is 2.33. The summed E-state index contributed by atoms with van der Waals surface area (Å²) in [6.45, 7) is 4.89. The van der Waals surface area contributed by atoms with Crippen LogP contribution in [0.3, 0.4) is 0 Å². The third kappa shape index (κ3) is 5.14. The van der Waals surface area contributed by atoms with Crippen molar-refractivity contribution in [1.29, 1.82) is 0 Å². The molecule has 1 fully saturated rings. The quantitative estimate of drug-likeness (QED) is 0.598. The summed E-state index contributed by atoms with van der Waals surface area (Å²) in [5.41, 5.74) is 4.06. The van der Waals surface area contributed by atoms with Crippen LogP contribution in [0.15, 0.2) is 42.6 Å². The summed E-state index contributed by atoms with van der Waals surface area (Å²) in [6.07, 6.45) is 4.08. The summed E-state index contributed by atoms with van der Waals surface area (Å²) in [6, 6.07) is 10.7. The molecule has 172 valence electrons. The number of urea groups is 1. The SMILES string of the molecule is COc1ccc(NC(=O)NCc2ccc(-n3nc(C)cc3C)nc2)cc1N1CCCCC1=O. The lowest BCUT2D eigenvalue weighted by atomic mass is 10.1. The van der Waals surface area contributed by atoms with Crippen molar-refractivity contribution < 1.29 is 14.3 Å². The number of carbonyl (C=O) groups excluding carboxylic acids is 2. The first-order valence-electron chi connectivity index (χ1n) is 11.0. The van der Waals surface area contributed by atoms with Crippen LogP contribution in [0.25, 0.3) is 5.82 Å². The van der Waals surface area contributed by atoms with Crippen LogP contribution in [0.1, 0.15) is 36.2 Å². The van der Waals surface area contributed by atoms with Gasteiger partial charge in [0.2, 0.25) is 5.91 Å². The van der Waals surface area contributed by atoms with E-state index >= 15 is 0 Å². The minimum absolute atomic E-state index is 0.0672. The predicted molar refractivity (Wildman–Crippen MR) is 126 cm³/mol. The number of rotatable bonds is 6. The third-order valence-electron chi connectivity index (χ3n) is 5.54. The summed E-state index contributed by atoms with van der Waals surface area (Å²) >= 11 is 0. The molecule has 0 bridgehead atoms. The van der Waals surface area contributed by atoms with Crippen molar-refractivity contribution in [1.82, 2.24) is 20.1 Å². The fourth-order valence-corrected chi connectivity index (χ4v) is 3.90. The zero-order chi connectivity index (χ0) is 23.4. The van der Waals surface area contributed by atoms with Crippen molar-refractivity contribution in [3.05, 3.63) is 59.5 Å². The molecule has 0 aliphatic carbocycles. The highest BCUT2D eigenvalue weighted by atomic mass is 16.5. The summed E-state index contributed by atoms with van der Waals surface area (Å²) in [5, 5.41) is 10.1. The number of nitrogens with zero attached hydrogens (tertiary/aromatic N) is 4. The van der Waals surface area contributed by atoms with E-state index in [1.54, 1.807) is 41.1 Å². The molecule has 0 atom stereocenters. The number of aromatic nitrogens is 3. The van der Waals surface area contributed by atoms with Gasteiger partial charge in [0.05, 0.1) is 18.5 Å². The molecule has 1 aromatic carbocycles. The van der Waals surface area contributed by atoms with Crippen molar-refractivity contribution in [3.8, 4) is 11.6 Å². The van der Waals surface area contributed by atoms with E-state index in [-0.39, 0.29) is 11.9 Å². The zero-order valence-electron chi connectivity index (χ0n) is 19.1. The van der Waals surface area contributed by atoms with E-state index < -0.39 is 0 Å². The van der Waals surface area contributed by atoms with Crippen molar-refractivity contribution in [3.63, 3.8) is 0 Å². The van der Waals surface area contributed by atoms with E-state index in [0.717, 1.165) is 35.6 Å². The molecule has 0 spiro atoms. The molecule has 9 heteroatoms. The Hall–Kier alpha value is -3.88. The van der Waals surface area contributed by atoms with Gasteiger partial charge in [-0.15, -0.1) is 0 Å². The number of hydrogen-bond acceptors (Lipinski definition) is 5. The molecular weight excluding hydrogens is 420 g/mol. The molecule has 2 aromatic heterocycles. The molecular formula is C24H28N6O3. The smallest absolute Gasteiger partial charge is 0.319 e. The number of anilines is 2. The Morgan fingerprint density at radius 2 is 2.00 bits per heavy atom. The van der Waals surface area contributed by atoms with Gasteiger partial charge in [-0.3, -0.25) is 4.79 Å². The van der Waals surface area contributed by atoms with Gasteiger partial charge in [-0.2, -0.15) is 5.10 Å². The molecule has 1 aliphatic rings. The summed E-state index contributed by atoms with van der Waals surface area (Å²) in [4.78, 5) is 31.0. The van der Waals surface area contributed by atoms with Crippen LogP contribution in [-0.2, 0) is 11.3 Å². The number of hydrogen-bond donors (Lipinski definition) is 2. The maximum atomic E-state index is 12.5. The second-order valence-electron chi connectivity index (χ2n) is 8.06. The first kappa shape index (κ1) is 22.3. The van der Waals surface area contributed by atoms with Gasteiger partial charge in [0.25, 0.3) is 0 Å². The van der Waals surface area contributed by atoms with E-state index in [1.807, 2.05) is 32.0 Å². The van der Waals surface area contributed by atoms with E-state index in [2.05, 4.69) is 20.7 Å². The first-order valence-corrected chi connectivity index (χ1v) is 11.0. The van der Waals surface area contributed by atoms with E-state index in [9.17, 15) is 9.59 Å². The lowest BCUT2D eigenvalue weighted by molar-refractivity contribution is -0.119. The van der Waals surface area contributed by atoms with Gasteiger partial charge in [-0.1, -0.05) is 6.07 Å². The van der Waals surface area contributed by atoms with Crippen LogP contribution in [0, 0.1) is 13.8 Å². The van der Waals surface area contributed by atoms with Crippen molar-refractivity contribution in [2.45, 2.75) is 39.7 Å². The Kier molecular flexibility index (Phi) is 6.58. The Morgan fingerprint density at radius 3 is 2.67 bits per heavy atom.